The van der Waals surface area contributed by atoms with Gasteiger partial charge in [0.05, 0.1) is 13.2 Å². The minimum Gasteiger partial charge on any atom is -0.380 e. The summed E-state index contributed by atoms with van der Waals surface area (Å²) in [7, 11) is 1.93. The molecule has 0 bridgehead atoms. The van der Waals surface area contributed by atoms with Crippen LogP contribution < -0.4 is 5.32 Å². The zero-order valence-corrected chi connectivity index (χ0v) is 8.19. The molecule has 0 saturated heterocycles. The lowest BCUT2D eigenvalue weighted by Gasteiger charge is -2.01. The second-order valence-corrected chi connectivity index (χ2v) is 3.38. The van der Waals surface area contributed by atoms with Gasteiger partial charge in [-0.2, -0.15) is 11.3 Å². The fraction of sp³-hybridized carbons (Fsp3) is 0.556. The first-order valence-corrected chi connectivity index (χ1v) is 5.11. The summed E-state index contributed by atoms with van der Waals surface area (Å²) < 4.78 is 5.39. The molecule has 68 valence electrons. The van der Waals surface area contributed by atoms with Gasteiger partial charge in [0, 0.05) is 6.54 Å². The van der Waals surface area contributed by atoms with E-state index in [0.717, 1.165) is 26.2 Å². The highest BCUT2D eigenvalue weighted by molar-refractivity contribution is 7.07. The van der Waals surface area contributed by atoms with Gasteiger partial charge in [-0.25, -0.2) is 0 Å². The van der Waals surface area contributed by atoms with E-state index in [1.165, 1.54) is 5.56 Å². The monoisotopic (exact) mass is 185 g/mol. The molecule has 1 rings (SSSR count). The first-order chi connectivity index (χ1) is 5.93. The fourth-order valence-corrected chi connectivity index (χ4v) is 1.60. The highest BCUT2D eigenvalue weighted by atomic mass is 32.1. The molecule has 0 spiro atoms. The maximum absolute atomic E-state index is 5.39. The van der Waals surface area contributed by atoms with E-state index in [1.807, 2.05) is 7.05 Å². The lowest BCUT2D eigenvalue weighted by Crippen LogP contribution is -2.14. The summed E-state index contributed by atoms with van der Waals surface area (Å²) >= 11 is 1.74. The number of hydrogen-bond donors (Lipinski definition) is 1. The van der Waals surface area contributed by atoms with Crippen molar-refractivity contribution in [2.75, 3.05) is 26.8 Å². The quantitative estimate of drug-likeness (QED) is 0.679. The summed E-state index contributed by atoms with van der Waals surface area (Å²) in [5.74, 6) is 0. The van der Waals surface area contributed by atoms with Gasteiger partial charge >= 0.3 is 0 Å². The number of hydrogen-bond acceptors (Lipinski definition) is 3. The SMILES string of the molecule is CNCCOCCc1ccsc1. The predicted molar refractivity (Wildman–Crippen MR) is 52.8 cm³/mol. The molecule has 0 saturated carbocycles. The Kier molecular flexibility index (Phi) is 4.99. The second kappa shape index (κ2) is 6.17. The van der Waals surface area contributed by atoms with Crippen LogP contribution >= 0.6 is 11.3 Å². The zero-order valence-electron chi connectivity index (χ0n) is 7.38. The van der Waals surface area contributed by atoms with Crippen LogP contribution in [0.2, 0.25) is 0 Å². The maximum Gasteiger partial charge on any atom is 0.0590 e. The van der Waals surface area contributed by atoms with E-state index in [4.69, 9.17) is 4.74 Å². The van der Waals surface area contributed by atoms with Crippen molar-refractivity contribution in [1.29, 1.82) is 0 Å². The molecule has 1 N–H and O–H groups in total. The summed E-state index contributed by atoms with van der Waals surface area (Å²) in [5, 5.41) is 7.31. The van der Waals surface area contributed by atoms with Crippen molar-refractivity contribution < 1.29 is 4.74 Å². The van der Waals surface area contributed by atoms with E-state index >= 15 is 0 Å². The normalized spacial score (nSPS) is 10.4. The molecule has 0 fully saturated rings. The van der Waals surface area contributed by atoms with Crippen LogP contribution in [0, 0.1) is 0 Å². The smallest absolute Gasteiger partial charge is 0.0590 e. The van der Waals surface area contributed by atoms with Crippen molar-refractivity contribution in [3.8, 4) is 0 Å². The highest BCUT2D eigenvalue weighted by Crippen LogP contribution is 2.06. The molecule has 0 aliphatic carbocycles. The largest absolute Gasteiger partial charge is 0.380 e. The molecule has 0 unspecified atom stereocenters. The van der Waals surface area contributed by atoms with Gasteiger partial charge in [0.2, 0.25) is 0 Å². The molecule has 2 nitrogen and oxygen atoms in total. The van der Waals surface area contributed by atoms with E-state index < -0.39 is 0 Å². The molecule has 0 aliphatic rings. The third-order valence-corrected chi connectivity index (χ3v) is 2.34. The van der Waals surface area contributed by atoms with Gasteiger partial charge in [-0.05, 0) is 35.9 Å². The van der Waals surface area contributed by atoms with Crippen molar-refractivity contribution in [3.63, 3.8) is 0 Å². The summed E-state index contributed by atoms with van der Waals surface area (Å²) in [5.41, 5.74) is 1.38. The Bertz CT molecular complexity index is 186. The van der Waals surface area contributed by atoms with Crippen molar-refractivity contribution in [1.82, 2.24) is 5.32 Å². The van der Waals surface area contributed by atoms with Crippen LogP contribution in [-0.4, -0.2) is 26.8 Å². The van der Waals surface area contributed by atoms with Crippen LogP contribution in [0.25, 0.3) is 0 Å². The average molecular weight is 185 g/mol. The number of likely N-dealkylation sites (N-methyl/N-ethyl adjacent to an activating group) is 1. The molecular formula is C9H15NOS. The van der Waals surface area contributed by atoms with Crippen LogP contribution in [-0.2, 0) is 11.2 Å². The fourth-order valence-electron chi connectivity index (χ4n) is 0.901. The van der Waals surface area contributed by atoms with Crippen molar-refractivity contribution in [3.05, 3.63) is 22.4 Å². The summed E-state index contributed by atoms with van der Waals surface area (Å²) in [6.45, 7) is 2.57. The number of ether oxygens (including phenoxy) is 1. The molecular weight excluding hydrogens is 170 g/mol. The van der Waals surface area contributed by atoms with Gasteiger partial charge < -0.3 is 10.1 Å². The Morgan fingerprint density at radius 2 is 2.42 bits per heavy atom. The van der Waals surface area contributed by atoms with Crippen molar-refractivity contribution in [2.45, 2.75) is 6.42 Å². The number of thiophene rings is 1. The molecule has 0 aromatic carbocycles. The molecule has 3 heteroatoms. The third-order valence-electron chi connectivity index (χ3n) is 1.61. The van der Waals surface area contributed by atoms with Gasteiger partial charge in [0.1, 0.15) is 0 Å². The molecule has 1 aromatic rings. The Labute approximate surface area is 77.6 Å². The topological polar surface area (TPSA) is 21.3 Å². The van der Waals surface area contributed by atoms with Crippen LogP contribution in [0.15, 0.2) is 16.8 Å². The van der Waals surface area contributed by atoms with Crippen LogP contribution in [0.4, 0.5) is 0 Å². The average Bonchev–Trinajstić information content (AvgIpc) is 2.57. The van der Waals surface area contributed by atoms with E-state index in [1.54, 1.807) is 11.3 Å². The van der Waals surface area contributed by atoms with Crippen molar-refractivity contribution >= 4 is 11.3 Å². The minimum absolute atomic E-state index is 0.806. The lowest BCUT2D eigenvalue weighted by molar-refractivity contribution is 0.140. The summed E-state index contributed by atoms with van der Waals surface area (Å²) in [6.07, 6.45) is 1.03. The Hall–Kier alpha value is -0.380. The van der Waals surface area contributed by atoms with Gasteiger partial charge in [0.25, 0.3) is 0 Å². The van der Waals surface area contributed by atoms with Crippen LogP contribution in [0.1, 0.15) is 5.56 Å². The molecule has 12 heavy (non-hydrogen) atoms. The Morgan fingerprint density at radius 3 is 3.08 bits per heavy atom. The maximum atomic E-state index is 5.39. The van der Waals surface area contributed by atoms with Gasteiger partial charge in [-0.15, -0.1) is 0 Å². The van der Waals surface area contributed by atoms with E-state index in [-0.39, 0.29) is 0 Å². The van der Waals surface area contributed by atoms with Gasteiger partial charge in [-0.3, -0.25) is 0 Å². The third kappa shape index (κ3) is 3.85. The predicted octanol–water partition coefficient (Wildman–Crippen LogP) is 1.53. The van der Waals surface area contributed by atoms with Crippen molar-refractivity contribution in [2.24, 2.45) is 0 Å². The molecule has 0 aliphatic heterocycles. The second-order valence-electron chi connectivity index (χ2n) is 2.60. The van der Waals surface area contributed by atoms with Crippen LogP contribution in [0.3, 0.4) is 0 Å². The molecule has 0 radical (unpaired) electrons. The minimum atomic E-state index is 0.806. The molecule has 1 aromatic heterocycles. The van der Waals surface area contributed by atoms with E-state index in [0.29, 0.717) is 0 Å². The van der Waals surface area contributed by atoms with Gasteiger partial charge in [0.15, 0.2) is 0 Å². The van der Waals surface area contributed by atoms with Gasteiger partial charge in [-0.1, -0.05) is 0 Å². The zero-order chi connectivity index (χ0) is 8.65. The summed E-state index contributed by atoms with van der Waals surface area (Å²) in [6, 6.07) is 2.14. The standard InChI is InChI=1S/C9H15NOS/c1-10-4-6-11-5-2-9-3-7-12-8-9/h3,7-8,10H,2,4-6H2,1H3. The molecule has 0 amide bonds. The summed E-state index contributed by atoms with van der Waals surface area (Å²) in [4.78, 5) is 0. The van der Waals surface area contributed by atoms with Crippen LogP contribution in [0.5, 0.6) is 0 Å². The first kappa shape index (κ1) is 9.71. The first-order valence-electron chi connectivity index (χ1n) is 4.17. The lowest BCUT2D eigenvalue weighted by atomic mass is 10.3. The highest BCUT2D eigenvalue weighted by Gasteiger charge is 1.92. The Balaban J connectivity index is 1.96. The molecule has 1 heterocycles. The number of rotatable bonds is 6. The van der Waals surface area contributed by atoms with E-state index in [9.17, 15) is 0 Å². The van der Waals surface area contributed by atoms with E-state index in [2.05, 4.69) is 22.1 Å². The number of nitrogens with one attached hydrogen (secondary N) is 1. The molecule has 0 atom stereocenters. The Morgan fingerprint density at radius 1 is 1.50 bits per heavy atom.